The van der Waals surface area contributed by atoms with E-state index in [0.29, 0.717) is 5.56 Å². The van der Waals surface area contributed by atoms with Crippen LogP contribution >= 0.6 is 11.3 Å². The Hall–Kier alpha value is -2.12. The highest BCUT2D eigenvalue weighted by Crippen LogP contribution is 2.22. The number of aromatic nitrogens is 2. The standard InChI is InChI=1S/C12H7N3S/c13-7-9-1-3-10(4-2-9)12-14-8-11-15(12)5-6-16-11/h1-6,8H. The molecule has 0 spiro atoms. The van der Waals surface area contributed by atoms with Crippen molar-refractivity contribution in [1.29, 1.82) is 5.26 Å². The van der Waals surface area contributed by atoms with Gasteiger partial charge in [0.1, 0.15) is 10.7 Å². The van der Waals surface area contributed by atoms with Crippen LogP contribution in [0.3, 0.4) is 0 Å². The van der Waals surface area contributed by atoms with Gasteiger partial charge in [-0.1, -0.05) is 0 Å². The van der Waals surface area contributed by atoms with Gasteiger partial charge >= 0.3 is 0 Å². The second kappa shape index (κ2) is 3.47. The summed E-state index contributed by atoms with van der Waals surface area (Å²) >= 11 is 1.66. The molecule has 3 nitrogen and oxygen atoms in total. The van der Waals surface area contributed by atoms with Crippen LogP contribution < -0.4 is 0 Å². The number of hydrogen-bond acceptors (Lipinski definition) is 3. The average Bonchev–Trinajstić information content (AvgIpc) is 2.91. The van der Waals surface area contributed by atoms with Crippen molar-refractivity contribution in [3.63, 3.8) is 0 Å². The van der Waals surface area contributed by atoms with E-state index >= 15 is 0 Å². The van der Waals surface area contributed by atoms with Gasteiger partial charge in [-0.3, -0.25) is 4.40 Å². The van der Waals surface area contributed by atoms with Gasteiger partial charge < -0.3 is 0 Å². The number of benzene rings is 1. The number of thiazole rings is 1. The van der Waals surface area contributed by atoms with E-state index in [1.807, 2.05) is 46.4 Å². The molecule has 0 bridgehead atoms. The van der Waals surface area contributed by atoms with Gasteiger partial charge in [0.15, 0.2) is 0 Å². The third-order valence-electron chi connectivity index (χ3n) is 2.43. The molecule has 3 rings (SSSR count). The van der Waals surface area contributed by atoms with Gasteiger partial charge in [0.25, 0.3) is 0 Å². The minimum atomic E-state index is 0.668. The first-order valence-corrected chi connectivity index (χ1v) is 5.67. The lowest BCUT2D eigenvalue weighted by Crippen LogP contribution is -1.85. The molecule has 2 heterocycles. The molecular weight excluding hydrogens is 218 g/mol. The summed E-state index contributed by atoms with van der Waals surface area (Å²) < 4.78 is 2.05. The molecule has 0 aliphatic rings. The third kappa shape index (κ3) is 1.30. The van der Waals surface area contributed by atoms with Crippen molar-refractivity contribution in [1.82, 2.24) is 9.38 Å². The maximum Gasteiger partial charge on any atom is 0.145 e. The average molecular weight is 225 g/mol. The SMILES string of the molecule is N#Cc1ccc(-c2ncc3sccn23)cc1. The van der Waals surface area contributed by atoms with E-state index in [4.69, 9.17) is 5.26 Å². The van der Waals surface area contributed by atoms with E-state index in [-0.39, 0.29) is 0 Å². The normalized spacial score (nSPS) is 10.4. The van der Waals surface area contributed by atoms with E-state index in [1.54, 1.807) is 11.3 Å². The van der Waals surface area contributed by atoms with Crippen LogP contribution in [0.5, 0.6) is 0 Å². The van der Waals surface area contributed by atoms with Gasteiger partial charge in [0.2, 0.25) is 0 Å². The van der Waals surface area contributed by atoms with Crippen LogP contribution in [-0.4, -0.2) is 9.38 Å². The maximum absolute atomic E-state index is 8.73. The Bertz CT molecular complexity index is 670. The van der Waals surface area contributed by atoms with Crippen LogP contribution in [-0.2, 0) is 0 Å². The molecule has 4 heteroatoms. The number of hydrogen-bond donors (Lipinski definition) is 0. The molecule has 76 valence electrons. The molecule has 3 aromatic rings. The lowest BCUT2D eigenvalue weighted by atomic mass is 10.1. The van der Waals surface area contributed by atoms with E-state index in [2.05, 4.69) is 11.1 Å². The van der Waals surface area contributed by atoms with E-state index in [9.17, 15) is 0 Å². The minimum absolute atomic E-state index is 0.668. The molecule has 0 unspecified atom stereocenters. The second-order valence-electron chi connectivity index (χ2n) is 3.38. The largest absolute Gasteiger partial charge is 0.290 e. The van der Waals surface area contributed by atoms with Crippen LogP contribution in [0.2, 0.25) is 0 Å². The molecule has 0 aliphatic carbocycles. The van der Waals surface area contributed by atoms with Crippen LogP contribution in [0.1, 0.15) is 5.56 Å². The van der Waals surface area contributed by atoms with E-state index < -0.39 is 0 Å². The van der Waals surface area contributed by atoms with E-state index in [0.717, 1.165) is 16.2 Å². The molecule has 1 aromatic carbocycles. The molecule has 0 N–H and O–H groups in total. The summed E-state index contributed by atoms with van der Waals surface area (Å²) in [6.45, 7) is 0. The Morgan fingerprint density at radius 3 is 2.81 bits per heavy atom. The van der Waals surface area contributed by atoms with Crippen LogP contribution in [0.15, 0.2) is 42.0 Å². The molecule has 0 saturated heterocycles. The highest BCUT2D eigenvalue weighted by molar-refractivity contribution is 7.15. The first kappa shape index (κ1) is 9.13. The number of fused-ring (bicyclic) bond motifs is 1. The molecule has 0 aliphatic heterocycles. The fraction of sp³-hybridized carbons (Fsp3) is 0. The van der Waals surface area contributed by atoms with Crippen LogP contribution in [0, 0.1) is 11.3 Å². The predicted octanol–water partition coefficient (Wildman–Crippen LogP) is 2.93. The number of rotatable bonds is 1. The van der Waals surface area contributed by atoms with Gasteiger partial charge in [-0.25, -0.2) is 4.98 Å². The van der Waals surface area contributed by atoms with Crippen LogP contribution in [0.25, 0.3) is 16.2 Å². The summed E-state index contributed by atoms with van der Waals surface area (Å²) in [5, 5.41) is 10.8. The summed E-state index contributed by atoms with van der Waals surface area (Å²) in [6.07, 6.45) is 3.86. The molecule has 16 heavy (non-hydrogen) atoms. The number of imidazole rings is 1. The summed E-state index contributed by atoms with van der Waals surface area (Å²) in [5.74, 6) is 0.917. The predicted molar refractivity (Wildman–Crippen MR) is 63.2 cm³/mol. The van der Waals surface area contributed by atoms with Crippen molar-refractivity contribution >= 4 is 16.2 Å². The second-order valence-corrected chi connectivity index (χ2v) is 4.31. The van der Waals surface area contributed by atoms with Crippen molar-refractivity contribution in [3.05, 3.63) is 47.6 Å². The lowest BCUT2D eigenvalue weighted by Gasteiger charge is -1.98. The minimum Gasteiger partial charge on any atom is -0.290 e. The van der Waals surface area contributed by atoms with Gasteiger partial charge in [0.05, 0.1) is 17.8 Å². The van der Waals surface area contributed by atoms with Crippen LogP contribution in [0.4, 0.5) is 0 Å². The topological polar surface area (TPSA) is 41.1 Å². The van der Waals surface area contributed by atoms with Gasteiger partial charge in [-0.05, 0) is 24.3 Å². The maximum atomic E-state index is 8.73. The quantitative estimate of drug-likeness (QED) is 0.639. The fourth-order valence-electron chi connectivity index (χ4n) is 1.64. The molecular formula is C12H7N3S. The fourth-order valence-corrected chi connectivity index (χ4v) is 2.34. The number of nitriles is 1. The van der Waals surface area contributed by atoms with Gasteiger partial charge in [0, 0.05) is 17.1 Å². The highest BCUT2D eigenvalue weighted by Gasteiger charge is 2.06. The highest BCUT2D eigenvalue weighted by atomic mass is 32.1. The molecule has 2 aromatic heterocycles. The van der Waals surface area contributed by atoms with Crippen molar-refractivity contribution in [2.45, 2.75) is 0 Å². The Kier molecular flexibility index (Phi) is 1.98. The summed E-state index contributed by atoms with van der Waals surface area (Å²) in [5.41, 5.74) is 1.69. The zero-order valence-electron chi connectivity index (χ0n) is 8.29. The zero-order chi connectivity index (χ0) is 11.0. The Morgan fingerprint density at radius 1 is 1.25 bits per heavy atom. The Morgan fingerprint density at radius 2 is 2.06 bits per heavy atom. The van der Waals surface area contributed by atoms with Gasteiger partial charge in [-0.2, -0.15) is 5.26 Å². The Balaban J connectivity index is 2.16. The van der Waals surface area contributed by atoms with Gasteiger partial charge in [-0.15, -0.1) is 11.3 Å². The summed E-state index contributed by atoms with van der Waals surface area (Å²) in [4.78, 5) is 5.50. The summed E-state index contributed by atoms with van der Waals surface area (Å²) in [6, 6.07) is 9.57. The van der Waals surface area contributed by atoms with Crippen molar-refractivity contribution in [2.24, 2.45) is 0 Å². The first-order chi connectivity index (χ1) is 7.88. The number of nitrogens with zero attached hydrogens (tertiary/aromatic N) is 3. The van der Waals surface area contributed by atoms with Crippen molar-refractivity contribution in [3.8, 4) is 17.5 Å². The summed E-state index contributed by atoms with van der Waals surface area (Å²) in [7, 11) is 0. The Labute approximate surface area is 96.2 Å². The van der Waals surface area contributed by atoms with Crippen molar-refractivity contribution < 1.29 is 0 Å². The molecule has 0 fully saturated rings. The molecule has 0 radical (unpaired) electrons. The zero-order valence-corrected chi connectivity index (χ0v) is 9.11. The monoisotopic (exact) mass is 225 g/mol. The molecule has 0 saturated carbocycles. The van der Waals surface area contributed by atoms with Crippen molar-refractivity contribution in [2.75, 3.05) is 0 Å². The molecule has 0 atom stereocenters. The lowest BCUT2D eigenvalue weighted by molar-refractivity contribution is 1.18. The molecule has 0 amide bonds. The third-order valence-corrected chi connectivity index (χ3v) is 3.24. The van der Waals surface area contributed by atoms with E-state index in [1.165, 1.54) is 0 Å². The smallest absolute Gasteiger partial charge is 0.145 e. The first-order valence-electron chi connectivity index (χ1n) is 4.79.